The maximum absolute atomic E-state index is 12.8. The summed E-state index contributed by atoms with van der Waals surface area (Å²) in [5.41, 5.74) is -0.0503. The van der Waals surface area contributed by atoms with Crippen molar-refractivity contribution < 1.29 is 32.3 Å². The molecule has 1 unspecified atom stereocenters. The smallest absolute Gasteiger partial charge is 0.324 e. The van der Waals surface area contributed by atoms with Gasteiger partial charge in [0.1, 0.15) is 5.25 Å². The monoisotopic (exact) mass is 339 g/mol. The van der Waals surface area contributed by atoms with Gasteiger partial charge in [-0.3, -0.25) is 9.59 Å². The van der Waals surface area contributed by atoms with E-state index in [1.165, 1.54) is 25.1 Å². The Morgan fingerprint density at radius 2 is 1.91 bits per heavy atom. The van der Waals surface area contributed by atoms with Crippen molar-refractivity contribution in [1.29, 1.82) is 0 Å². The standard InChI is InChI=1S/C13H13F4NO3S/c1-7(11(20)21)22-9-5-3-2-4-8(9)10(19)18-6-13(16,17)12(14)15/h2-5,7,12H,6H2,1H3,(H,18,19)(H,20,21). The fraction of sp³-hybridized carbons (Fsp3) is 0.385. The van der Waals surface area contributed by atoms with Crippen LogP contribution in [0.2, 0.25) is 0 Å². The second-order valence-corrected chi connectivity index (χ2v) is 5.72. The molecule has 0 heterocycles. The first-order valence-electron chi connectivity index (χ1n) is 6.08. The Morgan fingerprint density at radius 3 is 2.45 bits per heavy atom. The highest BCUT2D eigenvalue weighted by Crippen LogP contribution is 2.27. The molecule has 0 aliphatic carbocycles. The van der Waals surface area contributed by atoms with E-state index in [4.69, 9.17) is 5.11 Å². The summed E-state index contributed by atoms with van der Waals surface area (Å²) in [5.74, 6) is -6.41. The summed E-state index contributed by atoms with van der Waals surface area (Å²) >= 11 is 0.850. The number of thioether (sulfide) groups is 1. The third kappa shape index (κ3) is 4.90. The number of nitrogens with one attached hydrogen (secondary N) is 1. The van der Waals surface area contributed by atoms with E-state index < -0.39 is 36.0 Å². The van der Waals surface area contributed by atoms with Crippen molar-refractivity contribution in [2.75, 3.05) is 6.54 Å². The molecule has 9 heteroatoms. The van der Waals surface area contributed by atoms with Gasteiger partial charge in [-0.15, -0.1) is 11.8 Å². The maximum atomic E-state index is 12.8. The number of hydrogen-bond donors (Lipinski definition) is 2. The minimum Gasteiger partial charge on any atom is -0.480 e. The Hall–Kier alpha value is -1.77. The van der Waals surface area contributed by atoms with E-state index in [9.17, 15) is 27.2 Å². The number of carboxylic acid groups (broad SMARTS) is 1. The minimum absolute atomic E-state index is 0.0503. The van der Waals surface area contributed by atoms with Gasteiger partial charge in [-0.1, -0.05) is 12.1 Å². The maximum Gasteiger partial charge on any atom is 0.324 e. The molecule has 1 amide bonds. The molecule has 0 spiro atoms. The number of carboxylic acids is 1. The molecule has 22 heavy (non-hydrogen) atoms. The van der Waals surface area contributed by atoms with E-state index in [0.29, 0.717) is 0 Å². The number of carbonyl (C=O) groups is 2. The van der Waals surface area contributed by atoms with E-state index in [1.807, 2.05) is 0 Å². The molecule has 1 aromatic carbocycles. The normalized spacial score (nSPS) is 13.0. The average molecular weight is 339 g/mol. The summed E-state index contributed by atoms with van der Waals surface area (Å²) in [7, 11) is 0. The third-order valence-corrected chi connectivity index (χ3v) is 3.75. The zero-order valence-electron chi connectivity index (χ0n) is 11.4. The zero-order chi connectivity index (χ0) is 16.9. The summed E-state index contributed by atoms with van der Waals surface area (Å²) in [5, 5.41) is 9.71. The van der Waals surface area contributed by atoms with Crippen LogP contribution in [0.1, 0.15) is 17.3 Å². The lowest BCUT2D eigenvalue weighted by molar-refractivity contribution is -0.136. The molecule has 4 nitrogen and oxygen atoms in total. The molecular formula is C13H13F4NO3S. The van der Waals surface area contributed by atoms with E-state index in [2.05, 4.69) is 0 Å². The van der Waals surface area contributed by atoms with Crippen LogP contribution < -0.4 is 5.32 Å². The van der Waals surface area contributed by atoms with Crippen molar-refractivity contribution >= 4 is 23.6 Å². The highest BCUT2D eigenvalue weighted by atomic mass is 32.2. The quantitative estimate of drug-likeness (QED) is 0.592. The molecule has 0 bridgehead atoms. The molecule has 0 saturated carbocycles. The molecular weight excluding hydrogens is 326 g/mol. The van der Waals surface area contributed by atoms with E-state index in [1.54, 1.807) is 11.4 Å². The van der Waals surface area contributed by atoms with Crippen LogP contribution in [0, 0.1) is 0 Å². The van der Waals surface area contributed by atoms with E-state index in [0.717, 1.165) is 11.8 Å². The fourth-order valence-electron chi connectivity index (χ4n) is 1.37. The number of aliphatic carboxylic acids is 1. The molecule has 0 aliphatic heterocycles. The van der Waals surface area contributed by atoms with Gasteiger partial charge in [0.15, 0.2) is 0 Å². The lowest BCUT2D eigenvalue weighted by Crippen LogP contribution is -2.41. The van der Waals surface area contributed by atoms with Crippen molar-refractivity contribution in [3.63, 3.8) is 0 Å². The van der Waals surface area contributed by atoms with Gasteiger partial charge in [0.25, 0.3) is 5.91 Å². The van der Waals surface area contributed by atoms with Crippen molar-refractivity contribution in [2.24, 2.45) is 0 Å². The van der Waals surface area contributed by atoms with Gasteiger partial charge in [0.05, 0.1) is 12.1 Å². The highest BCUT2D eigenvalue weighted by Gasteiger charge is 2.41. The Bertz CT molecular complexity index is 554. The van der Waals surface area contributed by atoms with Crippen molar-refractivity contribution in [2.45, 2.75) is 29.4 Å². The SMILES string of the molecule is CC(Sc1ccccc1C(=O)NCC(F)(F)C(F)F)C(=O)O. The largest absolute Gasteiger partial charge is 0.480 e. The highest BCUT2D eigenvalue weighted by molar-refractivity contribution is 8.00. The van der Waals surface area contributed by atoms with Gasteiger partial charge in [-0.25, -0.2) is 8.78 Å². The number of carbonyl (C=O) groups excluding carboxylic acids is 1. The predicted octanol–water partition coefficient (Wildman–Crippen LogP) is 2.88. The van der Waals surface area contributed by atoms with E-state index >= 15 is 0 Å². The Kier molecular flexibility index (Phi) is 6.21. The third-order valence-electron chi connectivity index (χ3n) is 2.59. The summed E-state index contributed by atoms with van der Waals surface area (Å²) in [6.45, 7) is -0.108. The van der Waals surface area contributed by atoms with Crippen LogP contribution in [0.3, 0.4) is 0 Å². The summed E-state index contributed by atoms with van der Waals surface area (Å²) in [6.07, 6.45) is -3.88. The predicted molar refractivity (Wildman–Crippen MR) is 72.7 cm³/mol. The van der Waals surface area contributed by atoms with Crippen LogP contribution in [0.15, 0.2) is 29.2 Å². The minimum atomic E-state index is -4.33. The number of alkyl halides is 4. The van der Waals surface area contributed by atoms with Crippen LogP contribution in [0.5, 0.6) is 0 Å². The number of amides is 1. The first kappa shape index (κ1) is 18.3. The van der Waals surface area contributed by atoms with E-state index in [-0.39, 0.29) is 10.5 Å². The van der Waals surface area contributed by atoms with Gasteiger partial charge in [-0.05, 0) is 19.1 Å². The lowest BCUT2D eigenvalue weighted by atomic mass is 10.2. The molecule has 1 rings (SSSR count). The second-order valence-electron chi connectivity index (χ2n) is 4.34. The van der Waals surface area contributed by atoms with Crippen molar-refractivity contribution in [3.8, 4) is 0 Å². The molecule has 0 saturated heterocycles. The first-order chi connectivity index (χ1) is 10.1. The zero-order valence-corrected chi connectivity index (χ0v) is 12.2. The lowest BCUT2D eigenvalue weighted by Gasteiger charge is -2.17. The molecule has 1 atom stereocenters. The van der Waals surface area contributed by atoms with Gasteiger partial charge in [0.2, 0.25) is 0 Å². The Labute approximate surface area is 127 Å². The molecule has 0 aromatic heterocycles. The second kappa shape index (κ2) is 7.48. The number of hydrogen-bond acceptors (Lipinski definition) is 3. The molecule has 0 aliphatic rings. The van der Waals surface area contributed by atoms with Gasteiger partial charge < -0.3 is 10.4 Å². The number of halogens is 4. The Balaban J connectivity index is 2.84. The first-order valence-corrected chi connectivity index (χ1v) is 6.95. The molecule has 0 radical (unpaired) electrons. The average Bonchev–Trinajstić information content (AvgIpc) is 2.45. The Morgan fingerprint density at radius 1 is 1.32 bits per heavy atom. The summed E-state index contributed by atoms with van der Waals surface area (Å²) in [4.78, 5) is 22.9. The van der Waals surface area contributed by atoms with Gasteiger partial charge >= 0.3 is 18.3 Å². The molecule has 122 valence electrons. The summed E-state index contributed by atoms with van der Waals surface area (Å²) in [6, 6.07) is 5.74. The van der Waals surface area contributed by atoms with Gasteiger partial charge in [-0.2, -0.15) is 8.78 Å². The molecule has 0 fully saturated rings. The van der Waals surface area contributed by atoms with Crippen LogP contribution >= 0.6 is 11.8 Å². The van der Waals surface area contributed by atoms with Crippen molar-refractivity contribution in [3.05, 3.63) is 29.8 Å². The van der Waals surface area contributed by atoms with Crippen LogP contribution in [-0.4, -0.2) is 41.1 Å². The van der Waals surface area contributed by atoms with Gasteiger partial charge in [0, 0.05) is 4.90 Å². The van der Waals surface area contributed by atoms with Crippen molar-refractivity contribution in [1.82, 2.24) is 5.32 Å². The molecule has 2 N–H and O–H groups in total. The number of rotatable bonds is 7. The van der Waals surface area contributed by atoms with Crippen LogP contribution in [0.25, 0.3) is 0 Å². The topological polar surface area (TPSA) is 66.4 Å². The van der Waals surface area contributed by atoms with Crippen LogP contribution in [-0.2, 0) is 4.79 Å². The van der Waals surface area contributed by atoms with Crippen LogP contribution in [0.4, 0.5) is 17.6 Å². The number of benzene rings is 1. The molecule has 1 aromatic rings. The fourth-order valence-corrected chi connectivity index (χ4v) is 2.29. The summed E-state index contributed by atoms with van der Waals surface area (Å²) < 4.78 is 49.7.